The molecule has 9 nitrogen and oxygen atoms in total. The van der Waals surface area contributed by atoms with E-state index in [1.54, 1.807) is 4.68 Å². The second-order valence-electron chi connectivity index (χ2n) is 7.09. The van der Waals surface area contributed by atoms with E-state index in [2.05, 4.69) is 15.4 Å². The van der Waals surface area contributed by atoms with Crippen LogP contribution in [0.1, 0.15) is 12.0 Å². The Bertz CT molecular complexity index is 1310. The van der Waals surface area contributed by atoms with E-state index < -0.39 is 0 Å². The van der Waals surface area contributed by atoms with E-state index in [-0.39, 0.29) is 31.2 Å². The van der Waals surface area contributed by atoms with E-state index in [0.29, 0.717) is 29.1 Å². The summed E-state index contributed by atoms with van der Waals surface area (Å²) >= 11 is 0. The molecule has 0 atom stereocenters. The van der Waals surface area contributed by atoms with Crippen LogP contribution in [0.5, 0.6) is 11.5 Å². The first-order valence-electron chi connectivity index (χ1n) is 9.83. The zero-order chi connectivity index (χ0) is 21.2. The number of rotatable bonds is 6. The summed E-state index contributed by atoms with van der Waals surface area (Å²) in [5, 5.41) is 7.56. The molecule has 0 unspecified atom stereocenters. The Morgan fingerprint density at radius 1 is 1.10 bits per heavy atom. The number of para-hydroxylation sites is 1. The number of nitrogens with zero attached hydrogens (tertiary/aromatic N) is 4. The molecule has 0 fully saturated rings. The van der Waals surface area contributed by atoms with Gasteiger partial charge in [0.1, 0.15) is 5.39 Å². The number of ether oxygens (including phenoxy) is 2. The second-order valence-corrected chi connectivity index (χ2v) is 7.09. The molecule has 0 radical (unpaired) electrons. The Labute approximate surface area is 176 Å². The molecule has 1 aliphatic rings. The molecule has 3 heterocycles. The van der Waals surface area contributed by atoms with Gasteiger partial charge in [0.2, 0.25) is 12.7 Å². The Kier molecular flexibility index (Phi) is 4.83. The summed E-state index contributed by atoms with van der Waals surface area (Å²) in [6.07, 6.45) is 3.12. The number of hydrogen-bond acceptors (Lipinski definition) is 6. The van der Waals surface area contributed by atoms with Gasteiger partial charge in [-0.2, -0.15) is 5.10 Å². The largest absolute Gasteiger partial charge is 0.454 e. The van der Waals surface area contributed by atoms with Gasteiger partial charge in [0.15, 0.2) is 17.1 Å². The third-order valence-electron chi connectivity index (χ3n) is 5.06. The Morgan fingerprint density at radius 2 is 1.94 bits per heavy atom. The molecule has 1 N–H and O–H groups in total. The highest BCUT2D eigenvalue weighted by Gasteiger charge is 2.14. The van der Waals surface area contributed by atoms with Crippen molar-refractivity contribution in [1.82, 2.24) is 24.6 Å². The summed E-state index contributed by atoms with van der Waals surface area (Å²) in [6, 6.07) is 15.0. The fourth-order valence-electron chi connectivity index (χ4n) is 3.43. The molecule has 156 valence electrons. The molecule has 0 spiro atoms. The molecule has 1 aliphatic heterocycles. The second kappa shape index (κ2) is 7.94. The molecule has 31 heavy (non-hydrogen) atoms. The lowest BCUT2D eigenvalue weighted by molar-refractivity contribution is -0.121. The average molecular weight is 417 g/mol. The third kappa shape index (κ3) is 3.73. The maximum atomic E-state index is 12.8. The van der Waals surface area contributed by atoms with Crippen molar-refractivity contribution < 1.29 is 14.3 Å². The van der Waals surface area contributed by atoms with Crippen LogP contribution in [0.3, 0.4) is 0 Å². The van der Waals surface area contributed by atoms with Crippen molar-refractivity contribution in [3.05, 3.63) is 77.0 Å². The number of hydrogen-bond donors (Lipinski definition) is 1. The van der Waals surface area contributed by atoms with Crippen LogP contribution in [0, 0.1) is 0 Å². The van der Waals surface area contributed by atoms with Crippen LogP contribution < -0.4 is 20.3 Å². The highest BCUT2D eigenvalue weighted by atomic mass is 16.7. The van der Waals surface area contributed by atoms with Gasteiger partial charge in [0, 0.05) is 19.5 Å². The van der Waals surface area contributed by atoms with E-state index >= 15 is 0 Å². The van der Waals surface area contributed by atoms with Gasteiger partial charge in [0.05, 0.1) is 18.2 Å². The molecule has 0 bridgehead atoms. The topological polar surface area (TPSA) is 100 Å². The summed E-state index contributed by atoms with van der Waals surface area (Å²) in [6.45, 7) is 0.805. The maximum absolute atomic E-state index is 12.8. The van der Waals surface area contributed by atoms with Gasteiger partial charge in [-0.15, -0.1) is 0 Å². The number of benzene rings is 2. The molecule has 5 rings (SSSR count). The number of carbonyl (C=O) groups excluding carboxylic acids is 1. The predicted molar refractivity (Wildman–Crippen MR) is 112 cm³/mol. The first-order valence-corrected chi connectivity index (χ1v) is 9.83. The zero-order valence-corrected chi connectivity index (χ0v) is 16.5. The molecule has 9 heteroatoms. The van der Waals surface area contributed by atoms with Crippen LogP contribution in [0.15, 0.2) is 65.8 Å². The van der Waals surface area contributed by atoms with E-state index in [4.69, 9.17) is 9.47 Å². The quantitative estimate of drug-likeness (QED) is 0.515. The predicted octanol–water partition coefficient (Wildman–Crippen LogP) is 2.02. The van der Waals surface area contributed by atoms with Gasteiger partial charge in [-0.25, -0.2) is 9.67 Å². The fourth-order valence-corrected chi connectivity index (χ4v) is 3.43. The molecule has 2 aromatic heterocycles. The highest BCUT2D eigenvalue weighted by molar-refractivity contribution is 5.76. The third-order valence-corrected chi connectivity index (χ3v) is 5.06. The number of nitrogens with one attached hydrogen (secondary N) is 1. The Hall–Kier alpha value is -4.14. The molecule has 1 amide bonds. The number of aromatic nitrogens is 4. The smallest absolute Gasteiger partial charge is 0.264 e. The molecular weight excluding hydrogens is 398 g/mol. The van der Waals surface area contributed by atoms with Gasteiger partial charge in [-0.3, -0.25) is 14.2 Å². The van der Waals surface area contributed by atoms with Crippen molar-refractivity contribution in [3.8, 4) is 17.2 Å². The lowest BCUT2D eigenvalue weighted by Gasteiger charge is -2.08. The minimum atomic E-state index is -0.226. The fraction of sp³-hybridized carbons (Fsp3) is 0.182. The summed E-state index contributed by atoms with van der Waals surface area (Å²) in [4.78, 5) is 29.4. The Morgan fingerprint density at radius 3 is 2.81 bits per heavy atom. The number of amides is 1. The van der Waals surface area contributed by atoms with Crippen LogP contribution in [-0.2, 0) is 17.9 Å². The van der Waals surface area contributed by atoms with Crippen LogP contribution in [0.2, 0.25) is 0 Å². The summed E-state index contributed by atoms with van der Waals surface area (Å²) < 4.78 is 13.7. The van der Waals surface area contributed by atoms with Crippen molar-refractivity contribution in [2.24, 2.45) is 0 Å². The summed E-state index contributed by atoms with van der Waals surface area (Å²) in [5.41, 5.74) is 1.99. The molecule has 0 aliphatic carbocycles. The monoisotopic (exact) mass is 417 g/mol. The van der Waals surface area contributed by atoms with E-state index in [9.17, 15) is 9.59 Å². The minimum absolute atomic E-state index is 0.157. The standard InChI is InChI=1S/C22H19N5O4/c28-20(23-11-15-6-7-18-19(10-15)31-14-30-18)8-9-26-13-24-21-17(22(26)29)12-25-27(21)16-4-2-1-3-5-16/h1-7,10,12-13H,8-9,11,14H2,(H,23,28). The maximum Gasteiger partial charge on any atom is 0.264 e. The van der Waals surface area contributed by atoms with Crippen LogP contribution in [0.25, 0.3) is 16.7 Å². The van der Waals surface area contributed by atoms with Crippen molar-refractivity contribution in [1.29, 1.82) is 0 Å². The molecule has 2 aromatic carbocycles. The highest BCUT2D eigenvalue weighted by Crippen LogP contribution is 2.32. The molecule has 0 saturated carbocycles. The van der Waals surface area contributed by atoms with Crippen LogP contribution >= 0.6 is 0 Å². The number of carbonyl (C=O) groups is 1. The van der Waals surface area contributed by atoms with Gasteiger partial charge < -0.3 is 14.8 Å². The van der Waals surface area contributed by atoms with Crippen LogP contribution in [0.4, 0.5) is 0 Å². The number of fused-ring (bicyclic) bond motifs is 2. The van der Waals surface area contributed by atoms with E-state index in [0.717, 1.165) is 11.3 Å². The van der Waals surface area contributed by atoms with Crippen molar-refractivity contribution in [2.75, 3.05) is 6.79 Å². The molecule has 0 saturated heterocycles. The van der Waals surface area contributed by atoms with Gasteiger partial charge >= 0.3 is 0 Å². The lowest BCUT2D eigenvalue weighted by atomic mass is 10.2. The first-order chi connectivity index (χ1) is 15.2. The zero-order valence-electron chi connectivity index (χ0n) is 16.5. The van der Waals surface area contributed by atoms with Crippen molar-refractivity contribution >= 4 is 16.9 Å². The lowest BCUT2D eigenvalue weighted by Crippen LogP contribution is -2.27. The van der Waals surface area contributed by atoms with Crippen molar-refractivity contribution in [3.63, 3.8) is 0 Å². The van der Waals surface area contributed by atoms with E-state index in [1.807, 2.05) is 48.5 Å². The SMILES string of the molecule is O=C(CCn1cnc2c(cnn2-c2ccccc2)c1=O)NCc1ccc2c(c1)OCO2. The molecule has 4 aromatic rings. The van der Waals surface area contributed by atoms with Gasteiger partial charge in [-0.1, -0.05) is 24.3 Å². The first kappa shape index (κ1) is 18.9. The minimum Gasteiger partial charge on any atom is -0.454 e. The summed E-state index contributed by atoms with van der Waals surface area (Å²) in [5.74, 6) is 1.21. The van der Waals surface area contributed by atoms with E-state index in [1.165, 1.54) is 17.1 Å². The average Bonchev–Trinajstić information content (AvgIpc) is 3.45. The normalized spacial score (nSPS) is 12.3. The number of aryl methyl sites for hydroxylation is 1. The summed E-state index contributed by atoms with van der Waals surface area (Å²) in [7, 11) is 0. The van der Waals surface area contributed by atoms with Gasteiger partial charge in [0.25, 0.3) is 5.56 Å². The Balaban J connectivity index is 1.24. The van der Waals surface area contributed by atoms with Crippen molar-refractivity contribution in [2.45, 2.75) is 19.5 Å². The molecular formula is C22H19N5O4. The van der Waals surface area contributed by atoms with Crippen LogP contribution in [-0.4, -0.2) is 32.0 Å². The van der Waals surface area contributed by atoms with Gasteiger partial charge in [-0.05, 0) is 29.8 Å².